The van der Waals surface area contributed by atoms with Gasteiger partial charge in [-0.2, -0.15) is 0 Å². The zero-order valence-corrected chi connectivity index (χ0v) is 12.9. The molecule has 1 heterocycles. The van der Waals surface area contributed by atoms with Gasteiger partial charge in [0.2, 0.25) is 11.8 Å². The molecule has 1 aliphatic rings. The monoisotopic (exact) mass is 309 g/mol. The molecule has 1 fully saturated rings. The molecule has 1 aliphatic heterocycles. The van der Waals surface area contributed by atoms with Crippen LogP contribution < -0.4 is 11.1 Å². The number of nitrogens with one attached hydrogen (secondary N) is 1. The maximum Gasteiger partial charge on any atom is 0.225 e. The highest BCUT2D eigenvalue weighted by Crippen LogP contribution is 2.32. The molecule has 2 rings (SSSR count). The van der Waals surface area contributed by atoms with E-state index >= 15 is 0 Å². The van der Waals surface area contributed by atoms with Gasteiger partial charge < -0.3 is 16.0 Å². The number of nitrogens with zero attached hydrogens (tertiary/aromatic N) is 1. The van der Waals surface area contributed by atoms with Crippen molar-refractivity contribution in [2.75, 3.05) is 7.05 Å². The first-order chi connectivity index (χ1) is 9.88. The Balaban J connectivity index is 2.17. The second-order valence-corrected chi connectivity index (χ2v) is 6.00. The minimum absolute atomic E-state index is 0.0149. The van der Waals surface area contributed by atoms with E-state index in [1.807, 2.05) is 12.1 Å². The Kier molecular flexibility index (Phi) is 4.85. The summed E-state index contributed by atoms with van der Waals surface area (Å²) in [7, 11) is 1.75. The van der Waals surface area contributed by atoms with E-state index in [9.17, 15) is 9.59 Å². The van der Waals surface area contributed by atoms with Crippen LogP contribution in [0.15, 0.2) is 24.3 Å². The van der Waals surface area contributed by atoms with Gasteiger partial charge >= 0.3 is 0 Å². The Morgan fingerprint density at radius 3 is 2.67 bits per heavy atom. The van der Waals surface area contributed by atoms with Crippen LogP contribution in [-0.4, -0.2) is 35.8 Å². The molecule has 114 valence electrons. The average molecular weight is 310 g/mol. The Bertz CT molecular complexity index is 530. The standard InChI is InChI=1S/C15H20ClN3O2/c1-9(17)7-13(20)18-12-8-14(21)19(2)15(12)10-3-5-11(16)6-4-10/h3-6,9,12,15H,7-8,17H2,1-2H3,(H,18,20). The Morgan fingerprint density at radius 2 is 2.10 bits per heavy atom. The van der Waals surface area contributed by atoms with Crippen molar-refractivity contribution in [2.24, 2.45) is 5.73 Å². The van der Waals surface area contributed by atoms with Crippen LogP contribution in [0.2, 0.25) is 5.02 Å². The number of hydrogen-bond donors (Lipinski definition) is 2. The Labute approximate surface area is 129 Å². The highest BCUT2D eigenvalue weighted by atomic mass is 35.5. The fraction of sp³-hybridized carbons (Fsp3) is 0.467. The van der Waals surface area contributed by atoms with E-state index in [1.54, 1.807) is 31.0 Å². The molecule has 0 radical (unpaired) electrons. The molecule has 0 bridgehead atoms. The minimum atomic E-state index is -0.241. The molecule has 0 aliphatic carbocycles. The van der Waals surface area contributed by atoms with Crippen molar-refractivity contribution in [3.63, 3.8) is 0 Å². The number of carbonyl (C=O) groups excluding carboxylic acids is 2. The van der Waals surface area contributed by atoms with Gasteiger partial charge in [-0.15, -0.1) is 0 Å². The first kappa shape index (κ1) is 15.8. The third kappa shape index (κ3) is 3.74. The number of likely N-dealkylation sites (N-methyl/N-ethyl adjacent to an activating group) is 1. The van der Waals surface area contributed by atoms with Crippen LogP contribution in [0.1, 0.15) is 31.4 Å². The number of carbonyl (C=O) groups is 2. The summed E-state index contributed by atoms with van der Waals surface area (Å²) in [4.78, 5) is 25.5. The fourth-order valence-electron chi connectivity index (χ4n) is 2.67. The van der Waals surface area contributed by atoms with E-state index in [1.165, 1.54) is 0 Å². The quantitative estimate of drug-likeness (QED) is 0.884. The van der Waals surface area contributed by atoms with Crippen LogP contribution in [0, 0.1) is 0 Å². The number of amides is 2. The number of benzene rings is 1. The van der Waals surface area contributed by atoms with E-state index in [0.717, 1.165) is 5.56 Å². The van der Waals surface area contributed by atoms with Gasteiger partial charge in [0.15, 0.2) is 0 Å². The molecular formula is C15H20ClN3O2. The van der Waals surface area contributed by atoms with Gasteiger partial charge in [0.05, 0.1) is 12.1 Å². The van der Waals surface area contributed by atoms with E-state index in [2.05, 4.69) is 5.32 Å². The molecule has 5 nitrogen and oxygen atoms in total. The van der Waals surface area contributed by atoms with Gasteiger partial charge in [-0.1, -0.05) is 23.7 Å². The van der Waals surface area contributed by atoms with Crippen molar-refractivity contribution in [3.8, 4) is 0 Å². The summed E-state index contributed by atoms with van der Waals surface area (Å²) in [5.41, 5.74) is 6.59. The molecule has 1 saturated heterocycles. The topological polar surface area (TPSA) is 75.4 Å². The maximum absolute atomic E-state index is 12.0. The molecule has 0 saturated carbocycles. The molecule has 1 aromatic rings. The van der Waals surface area contributed by atoms with Gasteiger partial charge in [0, 0.05) is 31.0 Å². The molecule has 1 aromatic carbocycles. The zero-order chi connectivity index (χ0) is 15.6. The molecular weight excluding hydrogens is 290 g/mol. The molecule has 21 heavy (non-hydrogen) atoms. The molecule has 6 heteroatoms. The number of nitrogens with two attached hydrogens (primary N) is 1. The van der Waals surface area contributed by atoms with Crippen molar-refractivity contribution < 1.29 is 9.59 Å². The smallest absolute Gasteiger partial charge is 0.225 e. The lowest BCUT2D eigenvalue weighted by atomic mass is 10.00. The van der Waals surface area contributed by atoms with Gasteiger partial charge in [-0.05, 0) is 24.6 Å². The van der Waals surface area contributed by atoms with E-state index < -0.39 is 0 Å². The molecule has 3 N–H and O–H groups in total. The number of likely N-dealkylation sites (tertiary alicyclic amines) is 1. The fourth-order valence-corrected chi connectivity index (χ4v) is 2.80. The molecule has 3 atom stereocenters. The summed E-state index contributed by atoms with van der Waals surface area (Å²) in [6.45, 7) is 1.78. The van der Waals surface area contributed by atoms with Crippen molar-refractivity contribution >= 4 is 23.4 Å². The van der Waals surface area contributed by atoms with Crippen molar-refractivity contribution in [2.45, 2.75) is 37.9 Å². The third-order valence-electron chi connectivity index (χ3n) is 3.65. The van der Waals surface area contributed by atoms with Crippen LogP contribution in [0.4, 0.5) is 0 Å². The van der Waals surface area contributed by atoms with Gasteiger partial charge in [0.25, 0.3) is 0 Å². The summed E-state index contributed by atoms with van der Waals surface area (Å²) in [6.07, 6.45) is 0.552. The molecule has 3 unspecified atom stereocenters. The van der Waals surface area contributed by atoms with E-state index in [4.69, 9.17) is 17.3 Å². The predicted molar refractivity (Wildman–Crippen MR) is 81.8 cm³/mol. The second-order valence-electron chi connectivity index (χ2n) is 5.56. The zero-order valence-electron chi connectivity index (χ0n) is 12.2. The van der Waals surface area contributed by atoms with Gasteiger partial charge in [-0.25, -0.2) is 0 Å². The van der Waals surface area contributed by atoms with Crippen molar-refractivity contribution in [1.29, 1.82) is 0 Å². The van der Waals surface area contributed by atoms with Crippen LogP contribution in [-0.2, 0) is 9.59 Å². The largest absolute Gasteiger partial charge is 0.350 e. The Morgan fingerprint density at radius 1 is 1.48 bits per heavy atom. The van der Waals surface area contributed by atoms with Crippen LogP contribution in [0.25, 0.3) is 0 Å². The third-order valence-corrected chi connectivity index (χ3v) is 3.90. The van der Waals surface area contributed by atoms with E-state index in [0.29, 0.717) is 11.4 Å². The molecule has 0 aromatic heterocycles. The van der Waals surface area contributed by atoms with Gasteiger partial charge in [0.1, 0.15) is 0 Å². The molecule has 2 amide bonds. The van der Waals surface area contributed by atoms with Crippen LogP contribution in [0.3, 0.4) is 0 Å². The normalized spacial score (nSPS) is 23.2. The summed E-state index contributed by atoms with van der Waals surface area (Å²) < 4.78 is 0. The SMILES string of the molecule is CC(N)CC(=O)NC1CC(=O)N(C)C1c1ccc(Cl)cc1. The molecule has 0 spiro atoms. The van der Waals surface area contributed by atoms with Crippen LogP contribution >= 0.6 is 11.6 Å². The average Bonchev–Trinajstić information content (AvgIpc) is 2.65. The van der Waals surface area contributed by atoms with E-state index in [-0.39, 0.29) is 36.4 Å². The lowest BCUT2D eigenvalue weighted by molar-refractivity contribution is -0.127. The second kappa shape index (κ2) is 6.45. The highest BCUT2D eigenvalue weighted by Gasteiger charge is 2.39. The first-order valence-corrected chi connectivity index (χ1v) is 7.32. The summed E-state index contributed by atoms with van der Waals surface area (Å²) in [6, 6.07) is 6.72. The minimum Gasteiger partial charge on any atom is -0.350 e. The lowest BCUT2D eigenvalue weighted by Gasteiger charge is -2.26. The first-order valence-electron chi connectivity index (χ1n) is 6.94. The summed E-state index contributed by atoms with van der Waals surface area (Å²) in [5, 5.41) is 3.56. The van der Waals surface area contributed by atoms with Gasteiger partial charge in [-0.3, -0.25) is 9.59 Å². The lowest BCUT2D eigenvalue weighted by Crippen LogP contribution is -2.40. The van der Waals surface area contributed by atoms with Crippen LogP contribution in [0.5, 0.6) is 0 Å². The maximum atomic E-state index is 12.0. The highest BCUT2D eigenvalue weighted by molar-refractivity contribution is 6.30. The predicted octanol–water partition coefficient (Wildman–Crippen LogP) is 1.47. The number of hydrogen-bond acceptors (Lipinski definition) is 3. The number of rotatable bonds is 4. The van der Waals surface area contributed by atoms with Crippen molar-refractivity contribution in [3.05, 3.63) is 34.9 Å². The number of halogens is 1. The van der Waals surface area contributed by atoms with Crippen molar-refractivity contribution in [1.82, 2.24) is 10.2 Å². The summed E-state index contributed by atoms with van der Waals surface area (Å²) in [5.74, 6) is -0.113. The Hall–Kier alpha value is -1.59. The summed E-state index contributed by atoms with van der Waals surface area (Å²) >= 11 is 5.90.